The van der Waals surface area contributed by atoms with Gasteiger partial charge >= 0.3 is 0 Å². The van der Waals surface area contributed by atoms with Gasteiger partial charge in [-0.3, -0.25) is 9.52 Å². The summed E-state index contributed by atoms with van der Waals surface area (Å²) in [6.07, 6.45) is 0. The molecule has 1 atom stereocenters. The Morgan fingerprint density at radius 2 is 1.55 bits per heavy atom. The summed E-state index contributed by atoms with van der Waals surface area (Å²) in [6.45, 7) is 3.80. The summed E-state index contributed by atoms with van der Waals surface area (Å²) in [6, 6.07) is 18.9. The van der Waals surface area contributed by atoms with Crippen molar-refractivity contribution in [2.45, 2.75) is 28.9 Å². The van der Waals surface area contributed by atoms with Crippen molar-refractivity contribution in [3.05, 3.63) is 72.3 Å². The highest BCUT2D eigenvalue weighted by Crippen LogP contribution is 2.30. The predicted molar refractivity (Wildman–Crippen MR) is 132 cm³/mol. The van der Waals surface area contributed by atoms with Crippen LogP contribution in [0.2, 0.25) is 0 Å². The van der Waals surface area contributed by atoms with Crippen LogP contribution in [0.1, 0.15) is 12.5 Å². The first-order valence-corrected chi connectivity index (χ1v) is 12.5. The number of hydrogen-bond donors (Lipinski definition) is 2. The molecule has 0 radical (unpaired) electrons. The van der Waals surface area contributed by atoms with Crippen LogP contribution in [0.4, 0.5) is 11.4 Å². The van der Waals surface area contributed by atoms with E-state index in [1.165, 1.54) is 38.1 Å². The van der Waals surface area contributed by atoms with Crippen molar-refractivity contribution in [2.75, 3.05) is 24.3 Å². The van der Waals surface area contributed by atoms with Crippen LogP contribution in [-0.4, -0.2) is 33.8 Å². The number of carbonyl (C=O) groups excluding carboxylic acids is 1. The monoisotopic (exact) mass is 486 g/mol. The van der Waals surface area contributed by atoms with E-state index in [1.54, 1.807) is 37.3 Å². The molecule has 9 heteroatoms. The van der Waals surface area contributed by atoms with Crippen LogP contribution in [0.15, 0.2) is 76.5 Å². The fourth-order valence-corrected chi connectivity index (χ4v) is 5.07. The molecule has 3 aromatic carbocycles. The van der Waals surface area contributed by atoms with Gasteiger partial charge < -0.3 is 14.8 Å². The number of benzene rings is 3. The number of amides is 1. The molecule has 2 N–H and O–H groups in total. The van der Waals surface area contributed by atoms with Gasteiger partial charge in [-0.2, -0.15) is 0 Å². The Hall–Kier alpha value is -3.17. The molecule has 0 saturated carbocycles. The van der Waals surface area contributed by atoms with E-state index < -0.39 is 10.0 Å². The first-order chi connectivity index (χ1) is 15.7. The van der Waals surface area contributed by atoms with Crippen molar-refractivity contribution in [1.29, 1.82) is 0 Å². The maximum atomic E-state index is 13.0. The van der Waals surface area contributed by atoms with E-state index in [2.05, 4.69) is 10.0 Å². The molecule has 0 aliphatic heterocycles. The van der Waals surface area contributed by atoms with Gasteiger partial charge in [0, 0.05) is 16.3 Å². The minimum absolute atomic E-state index is 0.0857. The van der Waals surface area contributed by atoms with Gasteiger partial charge in [0.2, 0.25) is 5.91 Å². The van der Waals surface area contributed by atoms with Crippen LogP contribution >= 0.6 is 11.8 Å². The van der Waals surface area contributed by atoms with Crippen LogP contribution in [0.5, 0.6) is 11.5 Å². The number of anilines is 2. The highest BCUT2D eigenvalue weighted by Gasteiger charge is 2.22. The average molecular weight is 487 g/mol. The molecular weight excluding hydrogens is 460 g/mol. The lowest BCUT2D eigenvalue weighted by molar-refractivity contribution is -0.115. The third-order valence-electron chi connectivity index (χ3n) is 4.77. The molecule has 0 aliphatic rings. The zero-order valence-electron chi connectivity index (χ0n) is 18.8. The molecule has 0 fully saturated rings. The van der Waals surface area contributed by atoms with Crippen molar-refractivity contribution in [1.82, 2.24) is 0 Å². The number of aryl methyl sites for hydroxylation is 1. The Bertz CT molecular complexity index is 1210. The number of nitrogens with one attached hydrogen (secondary N) is 2. The van der Waals surface area contributed by atoms with E-state index >= 15 is 0 Å². The Kier molecular flexibility index (Phi) is 7.88. The van der Waals surface area contributed by atoms with Crippen molar-refractivity contribution >= 4 is 39.1 Å². The molecule has 0 aromatic heterocycles. The third-order valence-corrected chi connectivity index (χ3v) is 7.28. The maximum absolute atomic E-state index is 13.0. The lowest BCUT2D eigenvalue weighted by atomic mass is 10.2. The number of hydrogen-bond acceptors (Lipinski definition) is 6. The molecule has 0 spiro atoms. The SMILES string of the molecule is COc1ccc(NS(=O)(=O)c2cc(NC(=O)C(C)Sc3ccc(C)cc3)ccc2OC)cc1. The molecule has 0 bridgehead atoms. The molecule has 0 saturated heterocycles. The molecule has 1 unspecified atom stereocenters. The second-order valence-corrected chi connectivity index (χ2v) is 10.3. The standard InChI is InChI=1S/C24H26N2O5S2/c1-16-5-12-21(13-6-16)32-17(2)24(27)25-19-9-14-22(31-4)23(15-19)33(28,29)26-18-7-10-20(30-3)11-8-18/h5-15,17,26H,1-4H3,(H,25,27). The van der Waals surface area contributed by atoms with Gasteiger partial charge in [0.25, 0.3) is 10.0 Å². The summed E-state index contributed by atoms with van der Waals surface area (Å²) in [5, 5.41) is 2.41. The van der Waals surface area contributed by atoms with Gasteiger partial charge in [0.15, 0.2) is 0 Å². The zero-order chi connectivity index (χ0) is 24.0. The Labute approximate surface area is 198 Å². The van der Waals surface area contributed by atoms with Crippen molar-refractivity contribution < 1.29 is 22.7 Å². The highest BCUT2D eigenvalue weighted by molar-refractivity contribution is 8.00. The van der Waals surface area contributed by atoms with E-state index in [1.807, 2.05) is 31.2 Å². The predicted octanol–water partition coefficient (Wildman–Crippen LogP) is 4.93. The number of carbonyl (C=O) groups is 1. The van der Waals surface area contributed by atoms with Gasteiger partial charge in [0.05, 0.1) is 19.5 Å². The van der Waals surface area contributed by atoms with Crippen molar-refractivity contribution in [2.24, 2.45) is 0 Å². The maximum Gasteiger partial charge on any atom is 0.265 e. The number of thioether (sulfide) groups is 1. The first kappa shape index (κ1) is 24.5. The van der Waals surface area contributed by atoms with Crippen molar-refractivity contribution in [3.63, 3.8) is 0 Å². The molecule has 0 heterocycles. The van der Waals surface area contributed by atoms with E-state index in [-0.39, 0.29) is 21.8 Å². The highest BCUT2D eigenvalue weighted by atomic mass is 32.2. The minimum Gasteiger partial charge on any atom is -0.497 e. The molecule has 0 aliphatic carbocycles. The molecule has 7 nitrogen and oxygen atoms in total. The van der Waals surface area contributed by atoms with Crippen LogP contribution in [0, 0.1) is 6.92 Å². The van der Waals surface area contributed by atoms with Crippen molar-refractivity contribution in [3.8, 4) is 11.5 Å². The van der Waals surface area contributed by atoms with Crippen LogP contribution in [0.25, 0.3) is 0 Å². The third kappa shape index (κ3) is 6.43. The summed E-state index contributed by atoms with van der Waals surface area (Å²) in [4.78, 5) is 13.6. The van der Waals surface area contributed by atoms with Gasteiger partial charge in [-0.05, 0) is 68.4 Å². The number of methoxy groups -OCH3 is 2. The number of ether oxygens (including phenoxy) is 2. The second kappa shape index (κ2) is 10.6. The summed E-state index contributed by atoms with van der Waals surface area (Å²) in [5.74, 6) is 0.533. The van der Waals surface area contributed by atoms with Crippen LogP contribution in [-0.2, 0) is 14.8 Å². The Morgan fingerprint density at radius 3 is 2.15 bits per heavy atom. The topological polar surface area (TPSA) is 93.7 Å². The second-order valence-electron chi connectivity index (χ2n) is 7.26. The molecule has 3 rings (SSSR count). The minimum atomic E-state index is -3.98. The van der Waals surface area contributed by atoms with E-state index in [4.69, 9.17) is 9.47 Å². The van der Waals surface area contributed by atoms with Gasteiger partial charge in [-0.15, -0.1) is 11.8 Å². The van der Waals surface area contributed by atoms with Crippen LogP contribution < -0.4 is 19.5 Å². The molecular formula is C24H26N2O5S2. The summed E-state index contributed by atoms with van der Waals surface area (Å²) in [7, 11) is -1.06. The van der Waals surface area contributed by atoms with E-state index in [0.717, 1.165) is 10.5 Å². The smallest absolute Gasteiger partial charge is 0.265 e. The largest absolute Gasteiger partial charge is 0.497 e. The molecule has 3 aromatic rings. The normalized spacial score (nSPS) is 12.0. The molecule has 174 valence electrons. The van der Waals surface area contributed by atoms with Gasteiger partial charge in [-0.1, -0.05) is 17.7 Å². The average Bonchev–Trinajstić information content (AvgIpc) is 2.80. The quantitative estimate of drug-likeness (QED) is 0.417. The van der Waals surface area contributed by atoms with Gasteiger partial charge in [0.1, 0.15) is 16.4 Å². The Balaban J connectivity index is 1.77. The summed E-state index contributed by atoms with van der Waals surface area (Å²) >= 11 is 1.42. The summed E-state index contributed by atoms with van der Waals surface area (Å²) in [5.41, 5.74) is 1.87. The number of rotatable bonds is 9. The lowest BCUT2D eigenvalue weighted by Gasteiger charge is -2.15. The Morgan fingerprint density at radius 1 is 0.909 bits per heavy atom. The number of sulfonamides is 1. The zero-order valence-corrected chi connectivity index (χ0v) is 20.4. The fraction of sp³-hybridized carbons (Fsp3) is 0.208. The molecule has 33 heavy (non-hydrogen) atoms. The lowest BCUT2D eigenvalue weighted by Crippen LogP contribution is -2.22. The molecule has 1 amide bonds. The van der Waals surface area contributed by atoms with Crippen LogP contribution in [0.3, 0.4) is 0 Å². The summed E-state index contributed by atoms with van der Waals surface area (Å²) < 4.78 is 38.9. The van der Waals surface area contributed by atoms with E-state index in [0.29, 0.717) is 17.1 Å². The van der Waals surface area contributed by atoms with Gasteiger partial charge in [-0.25, -0.2) is 8.42 Å². The fourth-order valence-electron chi connectivity index (χ4n) is 2.95. The first-order valence-electron chi connectivity index (χ1n) is 10.1. The van der Waals surface area contributed by atoms with E-state index in [9.17, 15) is 13.2 Å².